The van der Waals surface area contributed by atoms with Gasteiger partial charge in [0.2, 0.25) is 0 Å². The average Bonchev–Trinajstić information content (AvgIpc) is 2.55. The molecule has 1 amide bonds. The Morgan fingerprint density at radius 1 is 1.23 bits per heavy atom. The van der Waals surface area contributed by atoms with Crippen LogP contribution in [0.1, 0.15) is 18.1 Å². The van der Waals surface area contributed by atoms with Gasteiger partial charge < -0.3 is 9.64 Å². The minimum Gasteiger partial charge on any atom is -0.481 e. The van der Waals surface area contributed by atoms with Crippen LogP contribution >= 0.6 is 0 Å². The second-order valence-corrected chi connectivity index (χ2v) is 5.08. The number of likely N-dealkylation sites (N-methyl/N-ethyl adjacent to an activating group) is 1. The summed E-state index contributed by atoms with van der Waals surface area (Å²) in [6, 6.07) is 18.6. The van der Waals surface area contributed by atoms with Crippen LogP contribution in [0.4, 0.5) is 0 Å². The normalized spacial score (nSPS) is 11.3. The molecule has 0 N–H and O–H groups in total. The van der Waals surface area contributed by atoms with Crippen molar-refractivity contribution in [2.75, 3.05) is 7.05 Å². The predicted molar refractivity (Wildman–Crippen MR) is 84.2 cm³/mol. The van der Waals surface area contributed by atoms with Crippen LogP contribution in [0.5, 0.6) is 5.75 Å². The number of ether oxygens (including phenoxy) is 1. The highest BCUT2D eigenvalue weighted by molar-refractivity contribution is 5.80. The van der Waals surface area contributed by atoms with Crippen molar-refractivity contribution in [3.63, 3.8) is 0 Å². The monoisotopic (exact) mass is 294 g/mol. The number of rotatable bonds is 5. The largest absolute Gasteiger partial charge is 0.481 e. The van der Waals surface area contributed by atoms with Crippen LogP contribution in [-0.4, -0.2) is 24.0 Å². The Morgan fingerprint density at radius 2 is 1.95 bits per heavy atom. The molecule has 0 heterocycles. The lowest BCUT2D eigenvalue weighted by Crippen LogP contribution is -2.37. The van der Waals surface area contributed by atoms with Gasteiger partial charge in [-0.05, 0) is 30.7 Å². The minimum absolute atomic E-state index is 0.105. The molecule has 0 unspecified atom stereocenters. The maximum Gasteiger partial charge on any atom is 0.263 e. The molecule has 0 aliphatic carbocycles. The summed E-state index contributed by atoms with van der Waals surface area (Å²) >= 11 is 0. The van der Waals surface area contributed by atoms with Crippen LogP contribution in [-0.2, 0) is 11.3 Å². The summed E-state index contributed by atoms with van der Waals surface area (Å²) in [6.07, 6.45) is -0.609. The number of benzene rings is 2. The molecular formula is C18H18N2O2. The van der Waals surface area contributed by atoms with Crippen molar-refractivity contribution >= 4 is 5.91 Å². The van der Waals surface area contributed by atoms with E-state index in [1.54, 1.807) is 43.1 Å². The first-order valence-electron chi connectivity index (χ1n) is 7.06. The fourth-order valence-electron chi connectivity index (χ4n) is 2.14. The van der Waals surface area contributed by atoms with E-state index in [0.717, 1.165) is 5.56 Å². The van der Waals surface area contributed by atoms with E-state index in [4.69, 9.17) is 10.00 Å². The molecule has 4 heteroatoms. The summed E-state index contributed by atoms with van der Waals surface area (Å²) in [4.78, 5) is 14.0. The van der Waals surface area contributed by atoms with Gasteiger partial charge in [-0.3, -0.25) is 4.79 Å². The van der Waals surface area contributed by atoms with Crippen molar-refractivity contribution < 1.29 is 9.53 Å². The molecule has 0 saturated heterocycles. The van der Waals surface area contributed by atoms with Gasteiger partial charge in [0.05, 0.1) is 11.6 Å². The minimum atomic E-state index is -0.609. The lowest BCUT2D eigenvalue weighted by atomic mass is 10.2. The highest BCUT2D eigenvalue weighted by Gasteiger charge is 2.19. The smallest absolute Gasteiger partial charge is 0.263 e. The SMILES string of the molecule is C[C@@H](Oc1cccc(C#N)c1)C(=O)N(C)Cc1ccccc1. The zero-order valence-corrected chi connectivity index (χ0v) is 12.7. The molecule has 0 bridgehead atoms. The van der Waals surface area contributed by atoms with E-state index in [2.05, 4.69) is 0 Å². The van der Waals surface area contributed by atoms with E-state index in [-0.39, 0.29) is 5.91 Å². The van der Waals surface area contributed by atoms with Gasteiger partial charge in [0.25, 0.3) is 5.91 Å². The molecule has 0 aliphatic heterocycles. The first-order chi connectivity index (χ1) is 10.6. The summed E-state index contributed by atoms with van der Waals surface area (Å²) < 4.78 is 5.64. The summed E-state index contributed by atoms with van der Waals surface area (Å²) in [5.41, 5.74) is 1.58. The number of nitrogens with zero attached hydrogens (tertiary/aromatic N) is 2. The second-order valence-electron chi connectivity index (χ2n) is 5.08. The van der Waals surface area contributed by atoms with Crippen LogP contribution in [0.3, 0.4) is 0 Å². The molecule has 0 spiro atoms. The molecule has 0 fully saturated rings. The van der Waals surface area contributed by atoms with Crippen molar-refractivity contribution in [3.8, 4) is 11.8 Å². The maximum atomic E-state index is 12.3. The Labute approximate surface area is 130 Å². The third-order valence-corrected chi connectivity index (χ3v) is 3.26. The Bertz CT molecular complexity index is 677. The highest BCUT2D eigenvalue weighted by atomic mass is 16.5. The number of nitriles is 1. The van der Waals surface area contributed by atoms with Gasteiger partial charge in [0.15, 0.2) is 6.10 Å². The maximum absolute atomic E-state index is 12.3. The fraction of sp³-hybridized carbons (Fsp3) is 0.222. The van der Waals surface area contributed by atoms with Gasteiger partial charge in [0, 0.05) is 13.6 Å². The van der Waals surface area contributed by atoms with Gasteiger partial charge in [0.1, 0.15) is 5.75 Å². The fourth-order valence-corrected chi connectivity index (χ4v) is 2.14. The topological polar surface area (TPSA) is 53.3 Å². The third kappa shape index (κ3) is 4.10. The van der Waals surface area contributed by atoms with Gasteiger partial charge in [-0.2, -0.15) is 5.26 Å². The second kappa shape index (κ2) is 7.28. The summed E-state index contributed by atoms with van der Waals surface area (Å²) in [5, 5.41) is 8.88. The Hall–Kier alpha value is -2.80. The van der Waals surface area contributed by atoms with Gasteiger partial charge in [-0.15, -0.1) is 0 Å². The summed E-state index contributed by atoms with van der Waals surface area (Å²) in [7, 11) is 1.75. The van der Waals surface area contributed by atoms with E-state index >= 15 is 0 Å². The van der Waals surface area contributed by atoms with Gasteiger partial charge in [-0.25, -0.2) is 0 Å². The predicted octanol–water partition coefficient (Wildman–Crippen LogP) is 2.98. The zero-order chi connectivity index (χ0) is 15.9. The lowest BCUT2D eigenvalue weighted by molar-refractivity contribution is -0.137. The summed E-state index contributed by atoms with van der Waals surface area (Å²) in [6.45, 7) is 2.24. The highest BCUT2D eigenvalue weighted by Crippen LogP contribution is 2.15. The van der Waals surface area contributed by atoms with Crippen molar-refractivity contribution in [2.24, 2.45) is 0 Å². The molecule has 0 aromatic heterocycles. The number of amides is 1. The number of carbonyl (C=O) groups is 1. The third-order valence-electron chi connectivity index (χ3n) is 3.26. The van der Waals surface area contributed by atoms with E-state index in [0.29, 0.717) is 17.9 Å². The van der Waals surface area contributed by atoms with Crippen molar-refractivity contribution in [1.29, 1.82) is 5.26 Å². The Kier molecular flexibility index (Phi) is 5.16. The van der Waals surface area contributed by atoms with Crippen LogP contribution in [0.2, 0.25) is 0 Å². The van der Waals surface area contributed by atoms with Crippen LogP contribution < -0.4 is 4.74 Å². The van der Waals surface area contributed by atoms with Crippen LogP contribution in [0.15, 0.2) is 54.6 Å². The first kappa shape index (κ1) is 15.6. The lowest BCUT2D eigenvalue weighted by Gasteiger charge is -2.22. The standard InChI is InChI=1S/C18H18N2O2/c1-14(22-17-10-6-9-16(11-17)12-19)18(21)20(2)13-15-7-4-3-5-8-15/h3-11,14H,13H2,1-2H3/t14-/m1/s1. The summed E-state index contributed by atoms with van der Waals surface area (Å²) in [5.74, 6) is 0.416. The number of hydrogen-bond acceptors (Lipinski definition) is 3. The molecule has 2 aromatic rings. The molecule has 2 aromatic carbocycles. The van der Waals surface area contributed by atoms with E-state index in [1.165, 1.54) is 0 Å². The van der Waals surface area contributed by atoms with Gasteiger partial charge >= 0.3 is 0 Å². The molecule has 0 aliphatic rings. The van der Waals surface area contributed by atoms with E-state index in [9.17, 15) is 4.79 Å². The van der Waals surface area contributed by atoms with Gasteiger partial charge in [-0.1, -0.05) is 36.4 Å². The van der Waals surface area contributed by atoms with Crippen LogP contribution in [0, 0.1) is 11.3 Å². The molecule has 0 saturated carbocycles. The van der Waals surface area contributed by atoms with E-state index < -0.39 is 6.10 Å². The van der Waals surface area contributed by atoms with Crippen LogP contribution in [0.25, 0.3) is 0 Å². The molecular weight excluding hydrogens is 276 g/mol. The molecule has 112 valence electrons. The molecule has 4 nitrogen and oxygen atoms in total. The number of hydrogen-bond donors (Lipinski definition) is 0. The zero-order valence-electron chi connectivity index (χ0n) is 12.7. The Morgan fingerprint density at radius 3 is 2.64 bits per heavy atom. The molecule has 1 atom stereocenters. The average molecular weight is 294 g/mol. The molecule has 22 heavy (non-hydrogen) atoms. The molecule has 2 rings (SSSR count). The first-order valence-corrected chi connectivity index (χ1v) is 7.06. The quantitative estimate of drug-likeness (QED) is 0.852. The molecule has 0 radical (unpaired) electrons. The van der Waals surface area contributed by atoms with Crippen molar-refractivity contribution in [1.82, 2.24) is 4.90 Å². The number of carbonyl (C=O) groups excluding carboxylic acids is 1. The van der Waals surface area contributed by atoms with E-state index in [1.807, 2.05) is 36.4 Å². The Balaban J connectivity index is 1.98. The van der Waals surface area contributed by atoms with Crippen molar-refractivity contribution in [2.45, 2.75) is 19.6 Å². The van der Waals surface area contributed by atoms with Crippen molar-refractivity contribution in [3.05, 3.63) is 65.7 Å².